The third-order valence-electron chi connectivity index (χ3n) is 5.51. The Morgan fingerprint density at radius 2 is 1.31 bits per heavy atom. The molecule has 154 valence electrons. The molecule has 2 aromatic rings. The van der Waals surface area contributed by atoms with E-state index in [4.69, 9.17) is 0 Å². The lowest BCUT2D eigenvalue weighted by Gasteiger charge is -2.41. The monoisotopic (exact) mass is 393 g/mol. The average molecular weight is 394 g/mol. The molecule has 1 N–H and O–H groups in total. The van der Waals surface area contributed by atoms with Gasteiger partial charge in [-0.3, -0.25) is 14.5 Å². The van der Waals surface area contributed by atoms with Crippen LogP contribution in [0.3, 0.4) is 0 Å². The van der Waals surface area contributed by atoms with Crippen LogP contribution in [-0.2, 0) is 9.59 Å². The molecule has 2 aromatic carbocycles. The second-order valence-electron chi connectivity index (χ2n) is 8.01. The van der Waals surface area contributed by atoms with Crippen LogP contribution in [0.15, 0.2) is 60.7 Å². The maximum atomic E-state index is 13.0. The fourth-order valence-electron chi connectivity index (χ4n) is 4.01. The number of benzene rings is 2. The first-order chi connectivity index (χ1) is 14.0. The number of rotatable bonds is 6. The van der Waals surface area contributed by atoms with Crippen molar-refractivity contribution in [1.82, 2.24) is 15.1 Å². The molecule has 0 saturated carbocycles. The molecule has 0 radical (unpaired) electrons. The largest absolute Gasteiger partial charge is 0.344 e. The Bertz CT molecular complexity index is 760. The molecule has 29 heavy (non-hydrogen) atoms. The number of amides is 2. The number of hydrogen-bond donors (Lipinski definition) is 1. The van der Waals surface area contributed by atoms with Crippen molar-refractivity contribution in [1.29, 1.82) is 0 Å². The lowest BCUT2D eigenvalue weighted by Crippen LogP contribution is -2.56. The van der Waals surface area contributed by atoms with Gasteiger partial charge in [-0.15, -0.1) is 0 Å². The maximum Gasteiger partial charge on any atom is 0.245 e. The van der Waals surface area contributed by atoms with Crippen LogP contribution in [0.2, 0.25) is 0 Å². The van der Waals surface area contributed by atoms with Crippen LogP contribution < -0.4 is 5.32 Å². The van der Waals surface area contributed by atoms with Gasteiger partial charge in [0.2, 0.25) is 11.8 Å². The van der Waals surface area contributed by atoms with Crippen LogP contribution in [0.5, 0.6) is 0 Å². The van der Waals surface area contributed by atoms with Crippen molar-refractivity contribution in [3.05, 3.63) is 71.8 Å². The Balaban J connectivity index is 1.73. The van der Waals surface area contributed by atoms with E-state index in [9.17, 15) is 9.59 Å². The summed E-state index contributed by atoms with van der Waals surface area (Å²) in [6.45, 7) is 8.32. The molecule has 0 aromatic heterocycles. The summed E-state index contributed by atoms with van der Waals surface area (Å²) in [7, 11) is 0. The first-order valence-corrected chi connectivity index (χ1v) is 10.4. The number of carbonyl (C=O) groups excluding carboxylic acids is 2. The Morgan fingerprint density at radius 1 is 0.828 bits per heavy atom. The lowest BCUT2D eigenvalue weighted by atomic mass is 9.96. The van der Waals surface area contributed by atoms with Crippen molar-refractivity contribution in [3.8, 4) is 0 Å². The molecule has 1 aliphatic rings. The summed E-state index contributed by atoms with van der Waals surface area (Å²) in [5.41, 5.74) is 2.52. The van der Waals surface area contributed by atoms with E-state index in [1.165, 1.54) is 18.1 Å². The fourth-order valence-corrected chi connectivity index (χ4v) is 4.01. The Hall–Kier alpha value is -2.66. The van der Waals surface area contributed by atoms with E-state index < -0.39 is 6.04 Å². The lowest BCUT2D eigenvalue weighted by molar-refractivity contribution is -0.139. The van der Waals surface area contributed by atoms with Crippen molar-refractivity contribution >= 4 is 11.8 Å². The summed E-state index contributed by atoms with van der Waals surface area (Å²) in [5.74, 6) is -0.0828. The fraction of sp³-hybridized carbons (Fsp3) is 0.417. The summed E-state index contributed by atoms with van der Waals surface area (Å²) in [6.07, 6.45) is 0. The van der Waals surface area contributed by atoms with Crippen LogP contribution in [-0.4, -0.2) is 53.8 Å². The number of nitrogens with one attached hydrogen (secondary N) is 1. The second kappa shape index (κ2) is 9.70. The van der Waals surface area contributed by atoms with E-state index in [0.29, 0.717) is 13.1 Å². The van der Waals surface area contributed by atoms with Crippen LogP contribution in [0.25, 0.3) is 0 Å². The SMILES string of the molecule is CC(=O)N[C@H](C(=O)N1CCN(C(c2ccccc2)c2ccccc2)CC1)C(C)C. The van der Waals surface area contributed by atoms with Gasteiger partial charge in [-0.1, -0.05) is 74.5 Å². The second-order valence-corrected chi connectivity index (χ2v) is 8.01. The standard InChI is InChI=1S/C24H31N3O2/c1-18(2)22(25-19(3)28)24(29)27-16-14-26(15-17-27)23(20-10-6-4-7-11-20)21-12-8-5-9-13-21/h4-13,18,22-23H,14-17H2,1-3H3,(H,25,28)/t22-/m0/s1. The van der Waals surface area contributed by atoms with Gasteiger partial charge < -0.3 is 10.2 Å². The minimum Gasteiger partial charge on any atom is -0.344 e. The zero-order valence-corrected chi connectivity index (χ0v) is 17.5. The quantitative estimate of drug-likeness (QED) is 0.821. The highest BCUT2D eigenvalue weighted by atomic mass is 16.2. The summed E-state index contributed by atoms with van der Waals surface area (Å²) < 4.78 is 0. The van der Waals surface area contributed by atoms with Gasteiger partial charge in [0, 0.05) is 33.1 Å². The molecule has 1 saturated heterocycles. The van der Waals surface area contributed by atoms with Crippen molar-refractivity contribution in [3.63, 3.8) is 0 Å². The van der Waals surface area contributed by atoms with Gasteiger partial charge in [0.1, 0.15) is 6.04 Å². The highest BCUT2D eigenvalue weighted by Crippen LogP contribution is 2.29. The minimum absolute atomic E-state index is 0.0193. The molecule has 5 nitrogen and oxygen atoms in total. The van der Waals surface area contributed by atoms with Crippen LogP contribution in [0, 0.1) is 5.92 Å². The molecule has 0 spiro atoms. The molecule has 1 fully saturated rings. The number of hydrogen-bond acceptors (Lipinski definition) is 3. The van der Waals surface area contributed by atoms with Gasteiger partial charge in [-0.2, -0.15) is 0 Å². The minimum atomic E-state index is -0.460. The zero-order chi connectivity index (χ0) is 20.8. The molecule has 0 bridgehead atoms. The third-order valence-corrected chi connectivity index (χ3v) is 5.51. The normalized spacial score (nSPS) is 16.1. The van der Waals surface area contributed by atoms with Gasteiger partial charge in [0.15, 0.2) is 0 Å². The van der Waals surface area contributed by atoms with Gasteiger partial charge in [0.05, 0.1) is 6.04 Å². The predicted molar refractivity (Wildman–Crippen MR) is 115 cm³/mol. The van der Waals surface area contributed by atoms with Gasteiger partial charge >= 0.3 is 0 Å². The van der Waals surface area contributed by atoms with E-state index in [1.807, 2.05) is 30.9 Å². The van der Waals surface area contributed by atoms with Crippen LogP contribution in [0.4, 0.5) is 0 Å². The summed E-state index contributed by atoms with van der Waals surface area (Å²) in [4.78, 5) is 28.8. The van der Waals surface area contributed by atoms with Crippen molar-refractivity contribution in [2.24, 2.45) is 5.92 Å². The zero-order valence-electron chi connectivity index (χ0n) is 17.5. The maximum absolute atomic E-state index is 13.0. The highest BCUT2D eigenvalue weighted by molar-refractivity contribution is 5.87. The van der Waals surface area contributed by atoms with Gasteiger partial charge in [-0.25, -0.2) is 0 Å². The highest BCUT2D eigenvalue weighted by Gasteiger charge is 2.32. The summed E-state index contributed by atoms with van der Waals surface area (Å²) in [6, 6.07) is 20.8. The topological polar surface area (TPSA) is 52.7 Å². The molecule has 5 heteroatoms. The van der Waals surface area contributed by atoms with Crippen molar-refractivity contribution in [2.75, 3.05) is 26.2 Å². The number of nitrogens with zero attached hydrogens (tertiary/aromatic N) is 2. The van der Waals surface area contributed by atoms with Crippen LogP contribution >= 0.6 is 0 Å². The van der Waals surface area contributed by atoms with Crippen LogP contribution in [0.1, 0.15) is 37.9 Å². The summed E-state index contributed by atoms with van der Waals surface area (Å²) >= 11 is 0. The Morgan fingerprint density at radius 3 is 1.72 bits per heavy atom. The average Bonchev–Trinajstić information content (AvgIpc) is 2.73. The molecule has 0 aliphatic carbocycles. The molecular formula is C24H31N3O2. The van der Waals surface area contributed by atoms with Crippen molar-refractivity contribution in [2.45, 2.75) is 32.9 Å². The molecule has 3 rings (SSSR count). The van der Waals surface area contributed by atoms with E-state index >= 15 is 0 Å². The smallest absolute Gasteiger partial charge is 0.245 e. The molecule has 0 unspecified atom stereocenters. The summed E-state index contributed by atoms with van der Waals surface area (Å²) in [5, 5.41) is 2.82. The third kappa shape index (κ3) is 5.24. The van der Waals surface area contributed by atoms with Crippen molar-refractivity contribution < 1.29 is 9.59 Å². The first kappa shape index (κ1) is 21.1. The first-order valence-electron chi connectivity index (χ1n) is 10.4. The van der Waals surface area contributed by atoms with Gasteiger partial charge in [0.25, 0.3) is 0 Å². The Kier molecular flexibility index (Phi) is 7.04. The number of carbonyl (C=O) groups is 2. The van der Waals surface area contributed by atoms with E-state index in [2.05, 4.69) is 58.7 Å². The molecule has 1 heterocycles. The Labute approximate surface area is 173 Å². The van der Waals surface area contributed by atoms with E-state index in [1.54, 1.807) is 0 Å². The number of piperazine rings is 1. The molecule has 1 atom stereocenters. The van der Waals surface area contributed by atoms with Gasteiger partial charge in [-0.05, 0) is 17.0 Å². The molecule has 1 aliphatic heterocycles. The molecular weight excluding hydrogens is 362 g/mol. The predicted octanol–water partition coefficient (Wildman–Crippen LogP) is 3.08. The van der Waals surface area contributed by atoms with E-state index in [0.717, 1.165) is 13.1 Å². The van der Waals surface area contributed by atoms with E-state index in [-0.39, 0.29) is 23.8 Å². The molecule has 2 amide bonds.